The largest absolute Gasteiger partial charge is 0.486 e. The van der Waals surface area contributed by atoms with Gasteiger partial charge in [0, 0.05) is 63.5 Å². The number of hydrogen-bond acceptors (Lipinski definition) is 10. The van der Waals surface area contributed by atoms with Gasteiger partial charge in [0.2, 0.25) is 0 Å². The van der Waals surface area contributed by atoms with E-state index in [1.165, 1.54) is 21.3 Å². The second kappa shape index (κ2) is 14.2. The van der Waals surface area contributed by atoms with Gasteiger partial charge in [-0.3, -0.25) is 14.5 Å². The van der Waals surface area contributed by atoms with Gasteiger partial charge in [0.05, 0.1) is 42.0 Å². The molecule has 51 heavy (non-hydrogen) atoms. The zero-order chi connectivity index (χ0) is 36.0. The maximum atomic E-state index is 16.3. The molecule has 1 aliphatic carbocycles. The summed E-state index contributed by atoms with van der Waals surface area (Å²) in [6, 6.07) is 6.63. The Hall–Kier alpha value is -4.05. The topological polar surface area (TPSA) is 142 Å². The Morgan fingerprint density at radius 2 is 1.76 bits per heavy atom. The highest BCUT2D eigenvalue weighted by atomic mass is 32.2. The van der Waals surface area contributed by atoms with Gasteiger partial charge >= 0.3 is 15.8 Å². The van der Waals surface area contributed by atoms with E-state index >= 15 is 4.39 Å². The van der Waals surface area contributed by atoms with Crippen LogP contribution in [0, 0.1) is 12.7 Å². The van der Waals surface area contributed by atoms with E-state index in [2.05, 4.69) is 22.9 Å². The number of hydrogen-bond donors (Lipinski definition) is 1. The predicted molar refractivity (Wildman–Crippen MR) is 188 cm³/mol. The molecule has 4 heterocycles. The van der Waals surface area contributed by atoms with E-state index in [0.717, 1.165) is 48.3 Å². The van der Waals surface area contributed by atoms with Crippen LogP contribution in [0.5, 0.6) is 5.75 Å². The SMILES string of the molecule is COC[C@H]1CN(c2cc(C)c3c4c(c(=O)oc3c2)CN(C(=O)c2ccc(C(=O)NS(=O)(=O)N3CCCC3)c(OC3CCC3)c2F)CC4)CCN1C. The van der Waals surface area contributed by atoms with Crippen molar-refractivity contribution in [3.8, 4) is 5.75 Å². The molecular weight excluding hydrogens is 681 g/mol. The summed E-state index contributed by atoms with van der Waals surface area (Å²) in [6.45, 7) is 5.77. The number of carbonyl (C=O) groups is 2. The summed E-state index contributed by atoms with van der Waals surface area (Å²) in [5.41, 5.74) is 2.35. The van der Waals surface area contributed by atoms with Crippen LogP contribution in [0.1, 0.15) is 69.5 Å². The van der Waals surface area contributed by atoms with Crippen molar-refractivity contribution in [2.24, 2.45) is 0 Å². The van der Waals surface area contributed by atoms with Crippen molar-refractivity contribution in [1.82, 2.24) is 18.8 Å². The van der Waals surface area contributed by atoms with Gasteiger partial charge in [-0.2, -0.15) is 12.7 Å². The average Bonchev–Trinajstić information content (AvgIpc) is 3.64. The minimum Gasteiger partial charge on any atom is -0.486 e. The standard InChI is InChI=1S/C36H44FN5O8S/c1-22-17-23(40-16-15-39(2)24(19-40)21-48-3)18-30-31(22)26-11-14-41(20-29(26)36(45)50-30)35(44)27-9-10-28(33(32(27)37)49-25-7-6-8-25)34(43)38-51(46,47)42-12-4-5-13-42/h9-10,17-18,24-25H,4-8,11-16,19-21H2,1-3H3,(H,38,43)/t24-/m1/s1. The number of piperazine rings is 1. The van der Waals surface area contributed by atoms with Crippen LogP contribution >= 0.6 is 0 Å². The zero-order valence-corrected chi connectivity index (χ0v) is 30.0. The number of halogens is 1. The van der Waals surface area contributed by atoms with Crippen LogP contribution in [0.4, 0.5) is 10.1 Å². The minimum atomic E-state index is -4.13. The van der Waals surface area contributed by atoms with Crippen molar-refractivity contribution in [2.75, 3.05) is 64.9 Å². The number of rotatable bonds is 9. The summed E-state index contributed by atoms with van der Waals surface area (Å²) in [5, 5.41) is 0.838. The normalized spacial score (nSPS) is 20.4. The van der Waals surface area contributed by atoms with Gasteiger partial charge in [-0.25, -0.2) is 13.9 Å². The molecule has 1 N–H and O–H groups in total. The van der Waals surface area contributed by atoms with Crippen LogP contribution in [-0.4, -0.2) is 107 Å². The number of carbonyl (C=O) groups excluding carboxylic acids is 2. The number of ether oxygens (including phenoxy) is 2. The average molecular weight is 726 g/mol. The third-order valence-electron chi connectivity index (χ3n) is 10.7. The fourth-order valence-electron chi connectivity index (χ4n) is 7.51. The molecule has 274 valence electrons. The first kappa shape index (κ1) is 35.4. The van der Waals surface area contributed by atoms with Crippen molar-refractivity contribution >= 4 is 38.7 Å². The Morgan fingerprint density at radius 3 is 2.47 bits per heavy atom. The van der Waals surface area contributed by atoms with Crippen molar-refractivity contribution in [2.45, 2.75) is 64.1 Å². The fourth-order valence-corrected chi connectivity index (χ4v) is 8.72. The molecule has 1 aromatic heterocycles. The van der Waals surface area contributed by atoms with Gasteiger partial charge in [-0.05, 0) is 81.8 Å². The molecule has 0 spiro atoms. The van der Waals surface area contributed by atoms with E-state index in [1.807, 2.05) is 17.7 Å². The van der Waals surface area contributed by atoms with Crippen LogP contribution in [0.15, 0.2) is 33.5 Å². The van der Waals surface area contributed by atoms with E-state index in [1.54, 1.807) is 7.11 Å². The summed E-state index contributed by atoms with van der Waals surface area (Å²) >= 11 is 0. The minimum absolute atomic E-state index is 0.0840. The number of amides is 2. The van der Waals surface area contributed by atoms with Crippen LogP contribution in [0.2, 0.25) is 0 Å². The molecule has 7 rings (SSSR count). The number of methoxy groups -OCH3 is 1. The first-order valence-corrected chi connectivity index (χ1v) is 19.0. The number of fused-ring (bicyclic) bond motifs is 3. The molecule has 2 saturated heterocycles. The number of likely N-dealkylation sites (N-methyl/N-ethyl adjacent to an activating group) is 1. The highest BCUT2D eigenvalue weighted by Crippen LogP contribution is 2.35. The van der Waals surface area contributed by atoms with Gasteiger partial charge in [0.25, 0.3) is 11.8 Å². The Kier molecular flexibility index (Phi) is 9.82. The Labute approximate surface area is 296 Å². The molecule has 15 heteroatoms. The van der Waals surface area contributed by atoms with Gasteiger partial charge in [0.1, 0.15) is 5.58 Å². The van der Waals surface area contributed by atoms with Crippen molar-refractivity contribution in [1.29, 1.82) is 0 Å². The molecule has 4 aliphatic rings. The van der Waals surface area contributed by atoms with Crippen molar-refractivity contribution in [3.63, 3.8) is 0 Å². The monoisotopic (exact) mass is 725 g/mol. The highest BCUT2D eigenvalue weighted by molar-refractivity contribution is 7.87. The molecule has 0 radical (unpaired) electrons. The molecule has 2 aromatic carbocycles. The van der Waals surface area contributed by atoms with Gasteiger partial charge in [-0.1, -0.05) is 0 Å². The molecule has 13 nitrogen and oxygen atoms in total. The molecule has 0 unspecified atom stereocenters. The molecular formula is C36H44FN5O8S. The predicted octanol–water partition coefficient (Wildman–Crippen LogP) is 3.21. The third kappa shape index (κ3) is 6.84. The molecule has 3 aromatic rings. The van der Waals surface area contributed by atoms with Crippen LogP contribution in [0.25, 0.3) is 11.0 Å². The summed E-state index contributed by atoms with van der Waals surface area (Å²) in [7, 11) is -0.353. The second-order valence-corrected chi connectivity index (χ2v) is 15.7. The summed E-state index contributed by atoms with van der Waals surface area (Å²) in [6.07, 6.45) is 3.51. The Morgan fingerprint density at radius 1 is 1.02 bits per heavy atom. The lowest BCUT2D eigenvalue weighted by Crippen LogP contribution is -2.53. The Balaban J connectivity index is 1.15. The lowest BCUT2D eigenvalue weighted by molar-refractivity contribution is 0.0721. The first-order valence-electron chi connectivity index (χ1n) is 17.6. The number of nitrogens with one attached hydrogen (secondary N) is 1. The van der Waals surface area contributed by atoms with Crippen molar-refractivity contribution in [3.05, 3.63) is 68.3 Å². The smallest absolute Gasteiger partial charge is 0.341 e. The molecule has 1 saturated carbocycles. The lowest BCUT2D eigenvalue weighted by atomic mass is 9.94. The van der Waals surface area contributed by atoms with E-state index in [0.29, 0.717) is 49.9 Å². The van der Waals surface area contributed by atoms with Crippen molar-refractivity contribution < 1.29 is 36.3 Å². The molecule has 3 fully saturated rings. The van der Waals surface area contributed by atoms with Gasteiger partial charge < -0.3 is 23.7 Å². The van der Waals surface area contributed by atoms with Crippen LogP contribution < -0.4 is 20.0 Å². The van der Waals surface area contributed by atoms with Gasteiger partial charge in [0.15, 0.2) is 11.6 Å². The first-order chi connectivity index (χ1) is 24.4. The lowest BCUT2D eigenvalue weighted by Gasteiger charge is -2.40. The maximum Gasteiger partial charge on any atom is 0.341 e. The molecule has 0 bridgehead atoms. The third-order valence-corrected chi connectivity index (χ3v) is 12.2. The quantitative estimate of drug-likeness (QED) is 0.327. The number of anilines is 1. The fraction of sp³-hybridized carbons (Fsp3) is 0.528. The molecule has 1 atom stereocenters. The van der Waals surface area contributed by atoms with Crippen LogP contribution in [0.3, 0.4) is 0 Å². The maximum absolute atomic E-state index is 16.3. The Bertz CT molecular complexity index is 2030. The zero-order valence-electron chi connectivity index (χ0n) is 29.2. The summed E-state index contributed by atoms with van der Waals surface area (Å²) in [4.78, 5) is 46.5. The van der Waals surface area contributed by atoms with E-state index in [-0.39, 0.29) is 49.5 Å². The highest BCUT2D eigenvalue weighted by Gasteiger charge is 2.34. The number of aryl methyl sites for hydroxylation is 1. The molecule has 3 aliphatic heterocycles. The van der Waals surface area contributed by atoms with E-state index in [9.17, 15) is 22.8 Å². The van der Waals surface area contributed by atoms with Gasteiger partial charge in [-0.15, -0.1) is 0 Å². The van der Waals surface area contributed by atoms with E-state index < -0.39 is 39.2 Å². The summed E-state index contributed by atoms with van der Waals surface area (Å²) < 4.78 is 62.3. The summed E-state index contributed by atoms with van der Waals surface area (Å²) in [5.74, 6) is -3.22. The number of nitrogens with zero attached hydrogens (tertiary/aromatic N) is 4. The molecule has 2 amide bonds. The number of benzene rings is 2. The van der Waals surface area contributed by atoms with E-state index in [4.69, 9.17) is 13.9 Å². The van der Waals surface area contributed by atoms with Crippen LogP contribution in [-0.2, 0) is 27.9 Å². The second-order valence-electron chi connectivity index (χ2n) is 14.0.